The van der Waals surface area contributed by atoms with Crippen molar-refractivity contribution in [2.75, 3.05) is 0 Å². The van der Waals surface area contributed by atoms with Crippen LogP contribution in [0, 0.1) is 0 Å². The van der Waals surface area contributed by atoms with E-state index in [1.807, 2.05) is 12.4 Å². The number of allylic oxidation sites excluding steroid dienone is 2. The molecule has 0 aromatic rings. The number of hydrogen-bond donors (Lipinski definition) is 0. The highest BCUT2D eigenvalue weighted by Crippen LogP contribution is 1.87. The second-order valence-corrected chi connectivity index (χ2v) is 1.56. The summed E-state index contributed by atoms with van der Waals surface area (Å²) in [4.78, 5) is 9.61. The van der Waals surface area contributed by atoms with Gasteiger partial charge >= 0.3 is 0 Å². The molecule has 1 radical (unpaired) electrons. The van der Waals surface area contributed by atoms with Crippen molar-refractivity contribution < 1.29 is 4.79 Å². The molecule has 0 N–H and O–H groups in total. The summed E-state index contributed by atoms with van der Waals surface area (Å²) >= 11 is 0. The average Bonchev–Trinajstić information content (AvgIpc) is 1.81. The molecule has 0 saturated heterocycles. The Hall–Kier alpha value is -0.590. The Morgan fingerprint density at radius 3 is 2.75 bits per heavy atom. The fourth-order valence-electron chi connectivity index (χ4n) is 0.427. The second kappa shape index (κ2) is 6.41. The molecule has 1 nitrogen and oxygen atoms in total. The lowest BCUT2D eigenvalue weighted by atomic mass is 10.3. The average molecular weight is 111 g/mol. The number of hydrogen-bond acceptors (Lipinski definition) is 1. The molecule has 1 heteroatoms. The molecule has 0 spiro atoms. The van der Waals surface area contributed by atoms with Gasteiger partial charge in [0.25, 0.3) is 0 Å². The van der Waals surface area contributed by atoms with E-state index in [9.17, 15) is 4.79 Å². The van der Waals surface area contributed by atoms with Gasteiger partial charge in [0.1, 0.15) is 0 Å². The summed E-state index contributed by atoms with van der Waals surface area (Å²) in [6.45, 7) is 2.07. The molecule has 0 atom stereocenters. The maximum atomic E-state index is 9.61. The lowest BCUT2D eigenvalue weighted by Gasteiger charge is -1.78. The molecule has 0 aromatic carbocycles. The van der Waals surface area contributed by atoms with Gasteiger partial charge in [-0.25, -0.2) is 0 Å². The van der Waals surface area contributed by atoms with Gasteiger partial charge in [-0.2, -0.15) is 0 Å². The molecule has 0 heterocycles. The van der Waals surface area contributed by atoms with E-state index in [0.29, 0.717) is 6.42 Å². The van der Waals surface area contributed by atoms with Crippen LogP contribution in [-0.2, 0) is 4.79 Å². The van der Waals surface area contributed by atoms with Crippen molar-refractivity contribution in [3.63, 3.8) is 0 Å². The minimum absolute atomic E-state index is 0.538. The van der Waals surface area contributed by atoms with Crippen molar-refractivity contribution >= 4 is 6.29 Å². The van der Waals surface area contributed by atoms with Crippen LogP contribution >= 0.6 is 0 Å². The Kier molecular flexibility index (Phi) is 5.94. The third kappa shape index (κ3) is 5.41. The predicted octanol–water partition coefficient (Wildman–Crippen LogP) is 1.84. The molecular weight excluding hydrogens is 100 g/mol. The standard InChI is InChI=1S/C7H11O/c1-2-3-4-5-6-7-8/h3-4H,2,5-6H2,1H3/b4-3+. The monoisotopic (exact) mass is 111 g/mol. The van der Waals surface area contributed by atoms with Gasteiger partial charge in [-0.3, -0.25) is 4.79 Å². The molecule has 0 aliphatic rings. The van der Waals surface area contributed by atoms with Gasteiger partial charge in [0.15, 0.2) is 6.29 Å². The zero-order chi connectivity index (χ0) is 6.24. The Labute approximate surface area is 50.4 Å². The first-order valence-corrected chi connectivity index (χ1v) is 2.91. The van der Waals surface area contributed by atoms with Crippen molar-refractivity contribution in [1.29, 1.82) is 0 Å². The second-order valence-electron chi connectivity index (χ2n) is 1.56. The molecule has 0 unspecified atom stereocenters. The van der Waals surface area contributed by atoms with E-state index >= 15 is 0 Å². The molecule has 0 aliphatic carbocycles. The normalized spacial score (nSPS) is 10.1. The Balaban J connectivity index is 2.90. The van der Waals surface area contributed by atoms with Crippen LogP contribution in [0.25, 0.3) is 0 Å². The number of unbranched alkanes of at least 4 members (excludes halogenated alkanes) is 1. The van der Waals surface area contributed by atoms with Gasteiger partial charge in [-0.15, -0.1) is 0 Å². The van der Waals surface area contributed by atoms with E-state index in [0.717, 1.165) is 12.8 Å². The van der Waals surface area contributed by atoms with E-state index in [-0.39, 0.29) is 0 Å². The van der Waals surface area contributed by atoms with Gasteiger partial charge in [0, 0.05) is 6.42 Å². The minimum atomic E-state index is 0.538. The van der Waals surface area contributed by atoms with Gasteiger partial charge in [-0.05, 0) is 12.8 Å². The van der Waals surface area contributed by atoms with Crippen LogP contribution in [0.5, 0.6) is 0 Å². The first kappa shape index (κ1) is 7.41. The van der Waals surface area contributed by atoms with Gasteiger partial charge in [-0.1, -0.05) is 19.1 Å². The third-order valence-electron chi connectivity index (χ3n) is 0.815. The van der Waals surface area contributed by atoms with Crippen LogP contribution < -0.4 is 0 Å². The molecule has 0 aromatic heterocycles. The quantitative estimate of drug-likeness (QED) is 0.399. The molecular formula is C7H11O. The van der Waals surface area contributed by atoms with Gasteiger partial charge < -0.3 is 0 Å². The highest BCUT2D eigenvalue weighted by molar-refractivity contribution is 5.50. The van der Waals surface area contributed by atoms with Crippen LogP contribution in [0.3, 0.4) is 0 Å². The topological polar surface area (TPSA) is 17.1 Å². The summed E-state index contributed by atoms with van der Waals surface area (Å²) in [5, 5.41) is 0. The first-order chi connectivity index (χ1) is 3.91. The molecule has 0 amide bonds. The SMILES string of the molecule is CC/C=C/CC[C]=O. The zero-order valence-electron chi connectivity index (χ0n) is 5.18. The van der Waals surface area contributed by atoms with E-state index in [2.05, 4.69) is 13.0 Å². The predicted molar refractivity (Wildman–Crippen MR) is 34.4 cm³/mol. The van der Waals surface area contributed by atoms with E-state index in [1.165, 1.54) is 0 Å². The zero-order valence-corrected chi connectivity index (χ0v) is 5.18. The minimum Gasteiger partial charge on any atom is -0.291 e. The van der Waals surface area contributed by atoms with E-state index in [1.54, 1.807) is 0 Å². The van der Waals surface area contributed by atoms with Gasteiger partial charge in [0.2, 0.25) is 0 Å². The maximum Gasteiger partial charge on any atom is 0.198 e. The summed E-state index contributed by atoms with van der Waals surface area (Å²) < 4.78 is 0. The fraction of sp³-hybridized carbons (Fsp3) is 0.571. The summed E-state index contributed by atoms with van der Waals surface area (Å²) in [5.74, 6) is 0. The van der Waals surface area contributed by atoms with Crippen molar-refractivity contribution in [3.05, 3.63) is 12.2 Å². The van der Waals surface area contributed by atoms with Crippen LogP contribution in [0.1, 0.15) is 26.2 Å². The van der Waals surface area contributed by atoms with Crippen LogP contribution in [0.4, 0.5) is 0 Å². The first-order valence-electron chi connectivity index (χ1n) is 2.91. The molecule has 0 saturated carbocycles. The van der Waals surface area contributed by atoms with E-state index < -0.39 is 0 Å². The molecule has 8 heavy (non-hydrogen) atoms. The highest BCUT2D eigenvalue weighted by Gasteiger charge is 1.75. The third-order valence-corrected chi connectivity index (χ3v) is 0.815. The van der Waals surface area contributed by atoms with Crippen molar-refractivity contribution in [2.45, 2.75) is 26.2 Å². The number of carbonyl (C=O) groups excluding carboxylic acids is 1. The van der Waals surface area contributed by atoms with Crippen LogP contribution in [0.15, 0.2) is 12.2 Å². The maximum absolute atomic E-state index is 9.61. The highest BCUT2D eigenvalue weighted by atomic mass is 16.1. The summed E-state index contributed by atoms with van der Waals surface area (Å²) in [7, 11) is 0. The van der Waals surface area contributed by atoms with Gasteiger partial charge in [0.05, 0.1) is 0 Å². The lowest BCUT2D eigenvalue weighted by Crippen LogP contribution is -1.68. The summed E-state index contributed by atoms with van der Waals surface area (Å²) in [6, 6.07) is 0. The Morgan fingerprint density at radius 1 is 1.50 bits per heavy atom. The Bertz CT molecular complexity index is 74.5. The lowest BCUT2D eigenvalue weighted by molar-refractivity contribution is 0.552. The molecule has 0 rings (SSSR count). The Morgan fingerprint density at radius 2 is 2.25 bits per heavy atom. The summed E-state index contributed by atoms with van der Waals surface area (Å²) in [5.41, 5.74) is 0. The fourth-order valence-corrected chi connectivity index (χ4v) is 0.427. The molecule has 45 valence electrons. The van der Waals surface area contributed by atoms with Crippen LogP contribution in [-0.4, -0.2) is 6.29 Å². The van der Waals surface area contributed by atoms with Crippen LogP contribution in [0.2, 0.25) is 0 Å². The largest absolute Gasteiger partial charge is 0.291 e. The molecule has 0 aliphatic heterocycles. The van der Waals surface area contributed by atoms with Crippen molar-refractivity contribution in [1.82, 2.24) is 0 Å². The van der Waals surface area contributed by atoms with Crippen molar-refractivity contribution in [3.8, 4) is 0 Å². The number of rotatable bonds is 4. The summed E-state index contributed by atoms with van der Waals surface area (Å²) in [6.07, 6.45) is 8.32. The molecule has 0 bridgehead atoms. The van der Waals surface area contributed by atoms with Crippen molar-refractivity contribution in [2.24, 2.45) is 0 Å². The van der Waals surface area contributed by atoms with E-state index in [4.69, 9.17) is 0 Å². The molecule has 0 fully saturated rings. The smallest absolute Gasteiger partial charge is 0.198 e.